The molecule has 2 aliphatic heterocycles. The molecule has 2 heterocycles. The molecule has 2 aliphatic rings. The lowest BCUT2D eigenvalue weighted by molar-refractivity contribution is -0.145. The van der Waals surface area contributed by atoms with Gasteiger partial charge in [-0.1, -0.05) is 6.07 Å². The molecule has 9 heteroatoms. The van der Waals surface area contributed by atoms with Gasteiger partial charge < -0.3 is 35.2 Å². The number of hydrogen-bond donors (Lipinski definition) is 5. The normalized spacial score (nSPS) is 27.0. The van der Waals surface area contributed by atoms with E-state index in [0.29, 0.717) is 24.6 Å². The molecule has 0 spiro atoms. The van der Waals surface area contributed by atoms with E-state index >= 15 is 0 Å². The number of rotatable bonds is 8. The van der Waals surface area contributed by atoms with E-state index in [1.54, 1.807) is 17.0 Å². The SMILES string of the molecule is O=C(Cc1ccc2c(c1)OCO2)NCCCCN1C[C@H](O)[C@@H](O)[C@H](O)[C@H]1CO. The van der Waals surface area contributed by atoms with Crippen LogP contribution in [-0.2, 0) is 11.2 Å². The van der Waals surface area contributed by atoms with E-state index in [-0.39, 0.29) is 32.3 Å². The van der Waals surface area contributed by atoms with Gasteiger partial charge in [-0.25, -0.2) is 0 Å². The summed E-state index contributed by atoms with van der Waals surface area (Å²) in [6.07, 6.45) is -1.78. The van der Waals surface area contributed by atoms with E-state index < -0.39 is 24.4 Å². The Balaban J connectivity index is 1.35. The van der Waals surface area contributed by atoms with Gasteiger partial charge in [0, 0.05) is 13.1 Å². The highest BCUT2D eigenvalue weighted by molar-refractivity contribution is 5.78. The van der Waals surface area contributed by atoms with Crippen LogP contribution in [0.3, 0.4) is 0 Å². The number of carbonyl (C=O) groups is 1. The van der Waals surface area contributed by atoms with Crippen molar-refractivity contribution < 1.29 is 34.7 Å². The molecule has 0 aliphatic carbocycles. The predicted octanol–water partition coefficient (Wildman–Crippen LogP) is -1.39. The Kier molecular flexibility index (Phi) is 7.08. The lowest BCUT2D eigenvalue weighted by atomic mass is 9.94. The molecule has 1 saturated heterocycles. The molecule has 3 rings (SSSR count). The minimum absolute atomic E-state index is 0.0842. The Bertz CT molecular complexity index is 672. The lowest BCUT2D eigenvalue weighted by Crippen LogP contribution is -2.62. The number of aliphatic hydroxyl groups is 4. The Morgan fingerprint density at radius 2 is 1.93 bits per heavy atom. The van der Waals surface area contributed by atoms with E-state index in [2.05, 4.69) is 5.32 Å². The number of unbranched alkanes of at least 4 members (excludes halogenated alkanes) is 1. The zero-order valence-electron chi connectivity index (χ0n) is 15.7. The van der Waals surface area contributed by atoms with Crippen molar-refractivity contribution in [1.82, 2.24) is 10.2 Å². The van der Waals surface area contributed by atoms with Gasteiger partial charge in [-0.05, 0) is 37.1 Å². The molecule has 0 unspecified atom stereocenters. The van der Waals surface area contributed by atoms with Crippen LogP contribution in [0.15, 0.2) is 18.2 Å². The maximum atomic E-state index is 12.1. The second-order valence-electron chi connectivity index (χ2n) is 7.21. The Morgan fingerprint density at radius 3 is 2.71 bits per heavy atom. The fourth-order valence-electron chi connectivity index (χ4n) is 3.60. The number of benzene rings is 1. The fourth-order valence-corrected chi connectivity index (χ4v) is 3.60. The van der Waals surface area contributed by atoms with Gasteiger partial charge in [-0.15, -0.1) is 0 Å². The molecular weight excluding hydrogens is 368 g/mol. The lowest BCUT2D eigenvalue weighted by Gasteiger charge is -2.43. The largest absolute Gasteiger partial charge is 0.454 e. The minimum atomic E-state index is -1.25. The molecule has 1 aromatic rings. The summed E-state index contributed by atoms with van der Waals surface area (Å²) in [5, 5.41) is 41.8. The second-order valence-corrected chi connectivity index (χ2v) is 7.21. The van der Waals surface area contributed by atoms with Crippen molar-refractivity contribution in [1.29, 1.82) is 0 Å². The van der Waals surface area contributed by atoms with Crippen LogP contribution in [0.4, 0.5) is 0 Å². The predicted molar refractivity (Wildman–Crippen MR) is 99.0 cm³/mol. The van der Waals surface area contributed by atoms with Gasteiger partial charge in [0.2, 0.25) is 12.7 Å². The summed E-state index contributed by atoms with van der Waals surface area (Å²) >= 11 is 0. The van der Waals surface area contributed by atoms with E-state index in [1.807, 2.05) is 6.07 Å². The number of likely N-dealkylation sites (tertiary alicyclic amines) is 1. The van der Waals surface area contributed by atoms with E-state index in [0.717, 1.165) is 18.4 Å². The third kappa shape index (κ3) is 4.92. The van der Waals surface area contributed by atoms with Gasteiger partial charge >= 0.3 is 0 Å². The van der Waals surface area contributed by atoms with Gasteiger partial charge in [0.05, 0.1) is 25.2 Å². The molecule has 0 aromatic heterocycles. The molecule has 4 atom stereocenters. The van der Waals surface area contributed by atoms with E-state index in [1.165, 1.54) is 0 Å². The molecule has 28 heavy (non-hydrogen) atoms. The molecule has 156 valence electrons. The first kappa shape index (κ1) is 20.8. The number of nitrogens with zero attached hydrogens (tertiary/aromatic N) is 1. The van der Waals surface area contributed by atoms with E-state index in [4.69, 9.17) is 9.47 Å². The van der Waals surface area contributed by atoms with Crippen molar-refractivity contribution in [3.63, 3.8) is 0 Å². The number of ether oxygens (including phenoxy) is 2. The quantitative estimate of drug-likeness (QED) is 0.340. The number of β-amino-alcohol motifs (C(OH)–C–C–N with tert-alkyl or cyclic N) is 1. The summed E-state index contributed by atoms with van der Waals surface area (Å²) in [7, 11) is 0. The van der Waals surface area contributed by atoms with Gasteiger partial charge in [-0.2, -0.15) is 0 Å². The van der Waals surface area contributed by atoms with Crippen molar-refractivity contribution >= 4 is 5.91 Å². The Morgan fingerprint density at radius 1 is 1.14 bits per heavy atom. The summed E-state index contributed by atoms with van der Waals surface area (Å²) in [5.41, 5.74) is 0.849. The number of amides is 1. The van der Waals surface area contributed by atoms with Gasteiger partial charge in [-0.3, -0.25) is 9.69 Å². The van der Waals surface area contributed by atoms with Gasteiger partial charge in [0.25, 0.3) is 0 Å². The monoisotopic (exact) mass is 396 g/mol. The van der Waals surface area contributed by atoms with Crippen LogP contribution in [-0.4, -0.2) is 88.6 Å². The van der Waals surface area contributed by atoms with Crippen molar-refractivity contribution in [2.24, 2.45) is 0 Å². The number of hydrogen-bond acceptors (Lipinski definition) is 8. The molecule has 5 N–H and O–H groups in total. The Hall–Kier alpha value is -1.91. The molecule has 9 nitrogen and oxygen atoms in total. The first-order valence-electron chi connectivity index (χ1n) is 9.54. The zero-order chi connectivity index (χ0) is 20.1. The molecule has 0 radical (unpaired) electrons. The molecule has 0 saturated carbocycles. The van der Waals surface area contributed by atoms with Crippen LogP contribution >= 0.6 is 0 Å². The van der Waals surface area contributed by atoms with E-state index in [9.17, 15) is 25.2 Å². The molecular formula is C19H28N2O7. The van der Waals surface area contributed by atoms with Gasteiger partial charge in [0.1, 0.15) is 12.2 Å². The van der Waals surface area contributed by atoms with Crippen LogP contribution in [0, 0.1) is 0 Å². The van der Waals surface area contributed by atoms with Crippen LogP contribution in [0.25, 0.3) is 0 Å². The molecule has 1 amide bonds. The summed E-state index contributed by atoms with van der Waals surface area (Å²) in [6.45, 7) is 1.15. The average molecular weight is 396 g/mol. The number of nitrogens with one attached hydrogen (secondary N) is 1. The van der Waals surface area contributed by atoms with Crippen LogP contribution in [0.2, 0.25) is 0 Å². The van der Waals surface area contributed by atoms with Crippen LogP contribution < -0.4 is 14.8 Å². The number of fused-ring (bicyclic) bond motifs is 1. The first-order valence-corrected chi connectivity index (χ1v) is 9.54. The first-order chi connectivity index (χ1) is 13.5. The zero-order valence-corrected chi connectivity index (χ0v) is 15.7. The van der Waals surface area contributed by atoms with Crippen molar-refractivity contribution in [3.05, 3.63) is 23.8 Å². The fraction of sp³-hybridized carbons (Fsp3) is 0.632. The highest BCUT2D eigenvalue weighted by Gasteiger charge is 2.40. The van der Waals surface area contributed by atoms with Crippen LogP contribution in [0.5, 0.6) is 11.5 Å². The van der Waals surface area contributed by atoms with Gasteiger partial charge in [0.15, 0.2) is 11.5 Å². The highest BCUT2D eigenvalue weighted by atomic mass is 16.7. The topological polar surface area (TPSA) is 132 Å². The summed E-state index contributed by atoms with van der Waals surface area (Å²) in [5.74, 6) is 1.25. The number of carbonyl (C=O) groups excluding carboxylic acids is 1. The Labute approximate surface area is 163 Å². The minimum Gasteiger partial charge on any atom is -0.454 e. The second kappa shape index (κ2) is 9.53. The van der Waals surface area contributed by atoms with Crippen molar-refractivity contribution in [2.75, 3.05) is 33.0 Å². The van der Waals surface area contributed by atoms with Crippen LogP contribution in [0.1, 0.15) is 18.4 Å². The molecule has 1 aromatic carbocycles. The summed E-state index contributed by atoms with van der Waals surface area (Å²) in [4.78, 5) is 13.9. The number of piperidine rings is 1. The average Bonchev–Trinajstić information content (AvgIpc) is 3.14. The highest BCUT2D eigenvalue weighted by Crippen LogP contribution is 2.32. The smallest absolute Gasteiger partial charge is 0.231 e. The third-order valence-electron chi connectivity index (χ3n) is 5.21. The maximum absolute atomic E-state index is 12.1. The molecule has 1 fully saturated rings. The van der Waals surface area contributed by atoms with Crippen molar-refractivity contribution in [3.8, 4) is 11.5 Å². The third-order valence-corrected chi connectivity index (χ3v) is 5.21. The summed E-state index contributed by atoms with van der Waals surface area (Å²) < 4.78 is 10.6. The standard InChI is InChI=1S/C19H28N2O7/c22-10-13-18(25)19(26)14(23)9-21(13)6-2-1-5-20-17(24)8-12-3-4-15-16(7-12)28-11-27-15/h3-4,7,13-14,18-19,22-23,25-26H,1-2,5-6,8-11H2,(H,20,24)/t13-,14+,18-,19-/m1/s1. The maximum Gasteiger partial charge on any atom is 0.231 e. The molecule has 0 bridgehead atoms. The van der Waals surface area contributed by atoms with Crippen molar-refractivity contribution in [2.45, 2.75) is 43.6 Å². The summed E-state index contributed by atoms with van der Waals surface area (Å²) in [6, 6.07) is 4.84. The number of aliphatic hydroxyl groups excluding tert-OH is 4.